The summed E-state index contributed by atoms with van der Waals surface area (Å²) in [5, 5.41) is 10.3. The van der Waals surface area contributed by atoms with Crippen molar-refractivity contribution in [1.29, 1.82) is 0 Å². The first-order chi connectivity index (χ1) is 9.26. The van der Waals surface area contributed by atoms with Crippen LogP contribution in [0.2, 0.25) is 0 Å². The minimum Gasteiger partial charge on any atom is -0.452 e. The fourth-order valence-electron chi connectivity index (χ4n) is 2.94. The Bertz CT molecular complexity index is 610. The Labute approximate surface area is 111 Å². The van der Waals surface area contributed by atoms with Gasteiger partial charge in [-0.05, 0) is 12.1 Å². The maximum Gasteiger partial charge on any atom is 0.258 e. The summed E-state index contributed by atoms with van der Waals surface area (Å²) in [6, 6.07) is 15.5. The minimum atomic E-state index is -0.753. The van der Waals surface area contributed by atoms with Crippen molar-refractivity contribution >= 4 is 0 Å². The first kappa shape index (κ1) is 10.9. The molecule has 96 valence electrons. The number of rotatable bonds is 0. The third-order valence-corrected chi connectivity index (χ3v) is 3.81. The maximum absolute atomic E-state index is 10.3. The normalized spacial score (nSPS) is 27.3. The first-order valence-corrected chi connectivity index (χ1v) is 6.49. The largest absolute Gasteiger partial charge is 0.452 e. The molecule has 0 radical (unpaired) electrons. The summed E-state index contributed by atoms with van der Waals surface area (Å²) in [6.45, 7) is 0. The molecule has 2 aliphatic heterocycles. The van der Waals surface area contributed by atoms with Crippen molar-refractivity contribution in [2.75, 3.05) is 0 Å². The van der Waals surface area contributed by atoms with Gasteiger partial charge in [0.05, 0.1) is 18.9 Å². The molecule has 0 fully saturated rings. The van der Waals surface area contributed by atoms with Gasteiger partial charge in [0.25, 0.3) is 5.79 Å². The van der Waals surface area contributed by atoms with Gasteiger partial charge in [-0.1, -0.05) is 36.4 Å². The van der Waals surface area contributed by atoms with Crippen molar-refractivity contribution in [1.82, 2.24) is 0 Å². The molecule has 2 heterocycles. The molecule has 19 heavy (non-hydrogen) atoms. The Morgan fingerprint density at radius 2 is 1.63 bits per heavy atom. The molecule has 2 atom stereocenters. The lowest BCUT2D eigenvalue weighted by Gasteiger charge is -2.36. The van der Waals surface area contributed by atoms with Gasteiger partial charge in [0.15, 0.2) is 0 Å². The third-order valence-electron chi connectivity index (χ3n) is 3.81. The molecule has 2 aliphatic rings. The Hall–Kier alpha value is -2.00. The van der Waals surface area contributed by atoms with E-state index in [-0.39, 0.29) is 0 Å². The molecule has 1 N–H and O–H groups in total. The van der Waals surface area contributed by atoms with Gasteiger partial charge in [0.1, 0.15) is 11.5 Å². The second-order valence-corrected chi connectivity index (χ2v) is 5.16. The first-order valence-electron chi connectivity index (χ1n) is 6.49. The zero-order valence-electron chi connectivity index (χ0n) is 10.4. The summed E-state index contributed by atoms with van der Waals surface area (Å²) in [6.07, 6.45) is 0.590. The van der Waals surface area contributed by atoms with Crippen LogP contribution in [0.4, 0.5) is 0 Å². The van der Waals surface area contributed by atoms with Crippen molar-refractivity contribution in [2.24, 2.45) is 0 Å². The molecule has 0 amide bonds. The molecule has 0 bridgehead atoms. The van der Waals surface area contributed by atoms with E-state index >= 15 is 0 Å². The third kappa shape index (κ3) is 1.62. The van der Waals surface area contributed by atoms with Gasteiger partial charge in [0, 0.05) is 11.1 Å². The molecule has 3 nitrogen and oxygen atoms in total. The van der Waals surface area contributed by atoms with Crippen LogP contribution in [0.15, 0.2) is 48.5 Å². The van der Waals surface area contributed by atoms with E-state index in [2.05, 4.69) is 0 Å². The zero-order valence-corrected chi connectivity index (χ0v) is 10.4. The minimum absolute atomic E-state index is 0.457. The molecule has 0 saturated heterocycles. The van der Waals surface area contributed by atoms with Crippen LogP contribution in [0.1, 0.15) is 23.7 Å². The smallest absolute Gasteiger partial charge is 0.258 e. The van der Waals surface area contributed by atoms with E-state index in [0.29, 0.717) is 18.6 Å². The predicted molar refractivity (Wildman–Crippen MR) is 70.2 cm³/mol. The number of ether oxygens (including phenoxy) is 2. The Kier molecular flexibility index (Phi) is 2.15. The van der Waals surface area contributed by atoms with Gasteiger partial charge in [-0.25, -0.2) is 0 Å². The highest BCUT2D eigenvalue weighted by atomic mass is 16.7. The van der Waals surface area contributed by atoms with Crippen molar-refractivity contribution in [3.05, 3.63) is 59.7 Å². The van der Waals surface area contributed by atoms with Gasteiger partial charge in [-0.15, -0.1) is 0 Å². The predicted octanol–water partition coefficient (Wildman–Crippen LogP) is 2.83. The summed E-state index contributed by atoms with van der Waals surface area (Å²) >= 11 is 0. The molecule has 0 saturated carbocycles. The van der Waals surface area contributed by atoms with Crippen LogP contribution in [0, 0.1) is 0 Å². The van der Waals surface area contributed by atoms with Crippen molar-refractivity contribution in [3.8, 4) is 11.5 Å². The fourth-order valence-corrected chi connectivity index (χ4v) is 2.94. The molecular formula is C16H14O3. The molecule has 4 rings (SSSR count). The molecule has 2 aromatic rings. The molecule has 1 spiro atoms. The Morgan fingerprint density at radius 3 is 2.47 bits per heavy atom. The van der Waals surface area contributed by atoms with Gasteiger partial charge in [0.2, 0.25) is 0 Å². The van der Waals surface area contributed by atoms with Crippen LogP contribution >= 0.6 is 0 Å². The Balaban J connectivity index is 1.73. The van der Waals surface area contributed by atoms with Crippen LogP contribution in [0.3, 0.4) is 0 Å². The lowest BCUT2D eigenvalue weighted by Crippen LogP contribution is -2.45. The topological polar surface area (TPSA) is 38.7 Å². The second kappa shape index (κ2) is 3.75. The molecular weight excluding hydrogens is 240 g/mol. The number of hydrogen-bond acceptors (Lipinski definition) is 3. The van der Waals surface area contributed by atoms with E-state index in [1.807, 2.05) is 48.5 Å². The van der Waals surface area contributed by atoms with Crippen LogP contribution in [-0.4, -0.2) is 10.9 Å². The summed E-state index contributed by atoms with van der Waals surface area (Å²) in [4.78, 5) is 0. The lowest BCUT2D eigenvalue weighted by molar-refractivity contribution is -0.138. The molecule has 3 heteroatoms. The van der Waals surface area contributed by atoms with Crippen molar-refractivity contribution < 1.29 is 14.6 Å². The summed E-state index contributed by atoms with van der Waals surface area (Å²) in [5.41, 5.74) is 1.97. The van der Waals surface area contributed by atoms with Crippen molar-refractivity contribution in [3.63, 3.8) is 0 Å². The maximum atomic E-state index is 10.3. The number of para-hydroxylation sites is 2. The van der Waals surface area contributed by atoms with E-state index in [4.69, 9.17) is 9.47 Å². The van der Waals surface area contributed by atoms with Crippen LogP contribution in [0.25, 0.3) is 0 Å². The van der Waals surface area contributed by atoms with Crippen LogP contribution in [0.5, 0.6) is 11.5 Å². The van der Waals surface area contributed by atoms with Crippen molar-refractivity contribution in [2.45, 2.75) is 24.7 Å². The highest BCUT2D eigenvalue weighted by molar-refractivity contribution is 5.42. The fraction of sp³-hybridized carbons (Fsp3) is 0.250. The second-order valence-electron chi connectivity index (χ2n) is 5.16. The average Bonchev–Trinajstić information content (AvgIpc) is 2.75. The van der Waals surface area contributed by atoms with Gasteiger partial charge in [-0.3, -0.25) is 0 Å². The molecule has 0 aromatic heterocycles. The average molecular weight is 254 g/mol. The monoisotopic (exact) mass is 254 g/mol. The van der Waals surface area contributed by atoms with Crippen LogP contribution < -0.4 is 9.47 Å². The zero-order chi connectivity index (χ0) is 12.9. The quantitative estimate of drug-likeness (QED) is 0.785. The van der Waals surface area contributed by atoms with E-state index < -0.39 is 11.9 Å². The summed E-state index contributed by atoms with van der Waals surface area (Å²) < 4.78 is 12.0. The number of aliphatic hydroxyl groups is 1. The van der Waals surface area contributed by atoms with E-state index in [1.54, 1.807) is 0 Å². The number of hydrogen-bond donors (Lipinski definition) is 1. The lowest BCUT2D eigenvalue weighted by atomic mass is 9.94. The highest BCUT2D eigenvalue weighted by Gasteiger charge is 2.47. The molecule has 2 unspecified atom stereocenters. The van der Waals surface area contributed by atoms with E-state index in [1.165, 1.54) is 0 Å². The van der Waals surface area contributed by atoms with Crippen LogP contribution in [-0.2, 0) is 6.42 Å². The SMILES string of the molecule is OC1CC2(Cc3ccccc3O2)Oc2ccccc21. The Morgan fingerprint density at radius 1 is 0.947 bits per heavy atom. The molecule has 0 aliphatic carbocycles. The highest BCUT2D eigenvalue weighted by Crippen LogP contribution is 2.46. The molecule has 2 aromatic carbocycles. The number of aliphatic hydroxyl groups excluding tert-OH is 1. The number of benzene rings is 2. The summed E-state index contributed by atoms with van der Waals surface area (Å²) in [5.74, 6) is 0.820. The standard InChI is InChI=1S/C16H14O3/c17-13-10-16(19-15-8-4-2-6-12(13)15)9-11-5-1-3-7-14(11)18-16/h1-8,13,17H,9-10H2. The van der Waals surface area contributed by atoms with Gasteiger partial charge < -0.3 is 14.6 Å². The number of fused-ring (bicyclic) bond motifs is 2. The van der Waals surface area contributed by atoms with E-state index in [9.17, 15) is 5.11 Å². The van der Waals surface area contributed by atoms with E-state index in [0.717, 1.165) is 16.9 Å². The van der Waals surface area contributed by atoms with Gasteiger partial charge in [-0.2, -0.15) is 0 Å². The summed E-state index contributed by atoms with van der Waals surface area (Å²) in [7, 11) is 0. The van der Waals surface area contributed by atoms with Gasteiger partial charge >= 0.3 is 0 Å².